The van der Waals surface area contributed by atoms with Crippen LogP contribution in [0.1, 0.15) is 188 Å². The Bertz CT molecular complexity index is 2380. The van der Waals surface area contributed by atoms with Crippen LogP contribution in [0.25, 0.3) is 0 Å². The highest BCUT2D eigenvalue weighted by Gasteiger charge is 2.46. The lowest BCUT2D eigenvalue weighted by atomic mass is 9.84. The van der Waals surface area contributed by atoms with Crippen molar-refractivity contribution in [3.63, 3.8) is 0 Å². The first-order valence-corrected chi connectivity index (χ1v) is 33.1. The molecule has 0 saturated carbocycles. The van der Waals surface area contributed by atoms with Gasteiger partial charge in [-0.3, -0.25) is 52.7 Å². The van der Waals surface area contributed by atoms with E-state index in [9.17, 15) is 38.7 Å². The van der Waals surface area contributed by atoms with Gasteiger partial charge in [-0.1, -0.05) is 110 Å². The van der Waals surface area contributed by atoms with Gasteiger partial charge in [-0.25, -0.2) is 0 Å². The second-order valence-electron chi connectivity index (χ2n) is 28.9. The summed E-state index contributed by atoms with van der Waals surface area (Å²) in [7, 11) is 14.3. The van der Waals surface area contributed by atoms with E-state index in [2.05, 4.69) is 10.2 Å². The molecule has 512 valence electrons. The van der Waals surface area contributed by atoms with Crippen molar-refractivity contribution in [3.8, 4) is 0 Å². The summed E-state index contributed by atoms with van der Waals surface area (Å²) in [6.45, 7) is 31.3. The number of aliphatic hydroxyl groups excluding tert-OH is 1. The summed E-state index contributed by atoms with van der Waals surface area (Å²) in [5, 5.41) is 15.1. The third kappa shape index (κ3) is 23.4. The zero-order valence-electron chi connectivity index (χ0n) is 60.0. The molecule has 0 radical (unpaired) electrons. The fraction of sp³-hybridized carbons (Fsp3) is 0.838. The Morgan fingerprint density at radius 2 is 0.876 bits per heavy atom. The molecule has 21 heteroatoms. The molecule has 13 atom stereocenters. The number of nitrogens with zero attached hydrogens (tertiary/aromatic N) is 8. The summed E-state index contributed by atoms with van der Waals surface area (Å²) in [5.41, 5.74) is 0. The SMILES string of the molecule is CC[C@H]1CC(=O)[C@@H]([C@H](O)[C@H](C)CCCCN(C)C)N(C)C(=O)[C@@H](C(C)C)N(C)C(=O)[C@@H](CC(C)C)N(C)C(=O)[C@@H](CC(C)C)N(C)C(=O)[C@H](C)NC(=O)[C@@H](C)CC(=O)[C@@H](CC(C)C)N(C)C(=O)[C@@H](C(C)C)CC(=O)[C@H](CC(C)C)N(C)C(=O)[C@@H](C)N(C)C1=O. The standard InChI is InChI=1S/C68H123N9O12/c1-27-49-37-57(80)59(60(81)45(14)30-28-29-31-70(18)19)77(26)68(89)58(44(12)13)76(25)67(88)54(35-42(8)9)75(24)66(87)53(34-41(6)7)74(23)62(83)47(16)69-61(82)46(15)36-55(78)51(32-39(2)3)73(22)65(86)50(43(10)11)38-56(79)52(33-40(4)5)72(21)63(84)48(17)71(20)64(49)85/h39-54,58-60,81H,27-38H2,1-26H3,(H,69,82)/t45-,46+,47+,48-,49+,50-,51-,52+,53-,54-,58-,59+,60-/m1/s1. The number of carbonyl (C=O) groups excluding carboxylic acids is 11. The Balaban J connectivity index is 4.39. The van der Waals surface area contributed by atoms with Gasteiger partial charge in [-0.05, 0) is 121 Å². The highest BCUT2D eigenvalue weighted by atomic mass is 16.3. The van der Waals surface area contributed by atoms with E-state index in [1.54, 1.807) is 34.6 Å². The van der Waals surface area contributed by atoms with Crippen LogP contribution in [0, 0.1) is 59.2 Å². The summed E-state index contributed by atoms with van der Waals surface area (Å²) >= 11 is 0. The van der Waals surface area contributed by atoms with Crippen LogP contribution in [0.3, 0.4) is 0 Å². The third-order valence-corrected chi connectivity index (χ3v) is 18.3. The van der Waals surface area contributed by atoms with Crippen LogP contribution in [0.2, 0.25) is 0 Å². The summed E-state index contributed by atoms with van der Waals surface area (Å²) in [5.74, 6) is -10.7. The number of Topliss-reactive ketones (excluding diaryl/α,β-unsaturated/α-hetero) is 3. The molecular weight excluding hydrogens is 1130 g/mol. The second-order valence-corrected chi connectivity index (χ2v) is 28.9. The first-order chi connectivity index (χ1) is 41.0. The Morgan fingerprint density at radius 3 is 1.31 bits per heavy atom. The molecule has 1 heterocycles. The molecule has 0 aromatic heterocycles. The van der Waals surface area contributed by atoms with Crippen LogP contribution in [0.4, 0.5) is 0 Å². The Kier molecular flexibility index (Phi) is 34.2. The molecule has 8 amide bonds. The molecule has 21 nitrogen and oxygen atoms in total. The average molecular weight is 1260 g/mol. The Morgan fingerprint density at radius 1 is 0.461 bits per heavy atom. The molecule has 1 aliphatic heterocycles. The molecule has 1 aliphatic rings. The smallest absolute Gasteiger partial charge is 0.246 e. The van der Waals surface area contributed by atoms with E-state index in [1.807, 2.05) is 90.3 Å². The lowest BCUT2D eigenvalue weighted by Crippen LogP contribution is -2.61. The van der Waals surface area contributed by atoms with Crippen molar-refractivity contribution in [1.29, 1.82) is 0 Å². The number of nitrogens with one attached hydrogen (secondary N) is 1. The number of aliphatic hydroxyl groups is 1. The maximum absolute atomic E-state index is 15.3. The van der Waals surface area contributed by atoms with Gasteiger partial charge < -0.3 is 49.6 Å². The quantitative estimate of drug-likeness (QED) is 0.136. The van der Waals surface area contributed by atoms with Crippen molar-refractivity contribution in [2.75, 3.05) is 70.0 Å². The minimum atomic E-state index is -1.48. The number of hydrogen-bond acceptors (Lipinski definition) is 13. The highest BCUT2D eigenvalue weighted by Crippen LogP contribution is 2.30. The Labute approximate surface area is 536 Å². The summed E-state index contributed by atoms with van der Waals surface area (Å²) < 4.78 is 0. The van der Waals surface area contributed by atoms with E-state index in [0.717, 1.165) is 13.0 Å². The molecule has 2 N–H and O–H groups in total. The number of likely N-dealkylation sites (N-methyl/N-ethyl adjacent to an activating group) is 7. The van der Waals surface area contributed by atoms with Gasteiger partial charge in [0.25, 0.3) is 0 Å². The number of amides is 8. The normalized spacial score (nSPS) is 27.3. The lowest BCUT2D eigenvalue weighted by Gasteiger charge is -2.41. The van der Waals surface area contributed by atoms with Crippen molar-refractivity contribution >= 4 is 64.6 Å². The molecule has 0 aromatic rings. The van der Waals surface area contributed by atoms with E-state index in [4.69, 9.17) is 0 Å². The monoisotopic (exact) mass is 1260 g/mol. The fourth-order valence-corrected chi connectivity index (χ4v) is 12.3. The largest absolute Gasteiger partial charge is 0.390 e. The average Bonchev–Trinajstić information content (AvgIpc) is 0.936. The molecule has 1 rings (SSSR count). The molecular formula is C68H123N9O12. The van der Waals surface area contributed by atoms with E-state index < -0.39 is 143 Å². The molecule has 0 spiro atoms. The molecule has 0 aromatic carbocycles. The molecule has 0 unspecified atom stereocenters. The van der Waals surface area contributed by atoms with Gasteiger partial charge in [0.05, 0.1) is 18.2 Å². The lowest BCUT2D eigenvalue weighted by molar-refractivity contribution is -0.157. The van der Waals surface area contributed by atoms with E-state index in [1.165, 1.54) is 90.6 Å². The van der Waals surface area contributed by atoms with E-state index in [0.29, 0.717) is 12.8 Å². The van der Waals surface area contributed by atoms with Gasteiger partial charge in [-0.2, -0.15) is 0 Å². The maximum Gasteiger partial charge on any atom is 0.246 e. The number of ketones is 3. The molecule has 89 heavy (non-hydrogen) atoms. The van der Waals surface area contributed by atoms with E-state index >= 15 is 19.2 Å². The van der Waals surface area contributed by atoms with Crippen LogP contribution in [-0.2, 0) is 52.7 Å². The predicted octanol–water partition coefficient (Wildman–Crippen LogP) is 6.70. The Hall–Kier alpha value is -5.31. The maximum atomic E-state index is 15.3. The summed E-state index contributed by atoms with van der Waals surface area (Å²) in [6.07, 6.45) is 0.647. The zero-order chi connectivity index (χ0) is 69.1. The van der Waals surface area contributed by atoms with Crippen molar-refractivity contribution in [3.05, 3.63) is 0 Å². The summed E-state index contributed by atoms with van der Waals surface area (Å²) in [6, 6.07) is -9.24. The van der Waals surface area contributed by atoms with Crippen molar-refractivity contribution in [1.82, 2.24) is 44.5 Å². The predicted molar refractivity (Wildman–Crippen MR) is 350 cm³/mol. The summed E-state index contributed by atoms with van der Waals surface area (Å²) in [4.78, 5) is 174. The van der Waals surface area contributed by atoms with Crippen molar-refractivity contribution in [2.45, 2.75) is 243 Å². The van der Waals surface area contributed by atoms with Gasteiger partial charge in [0, 0.05) is 86.3 Å². The molecule has 1 saturated heterocycles. The van der Waals surface area contributed by atoms with Crippen molar-refractivity contribution in [2.24, 2.45) is 59.2 Å². The number of rotatable bonds is 18. The van der Waals surface area contributed by atoms with Crippen LogP contribution in [-0.4, -0.2) is 233 Å². The van der Waals surface area contributed by atoms with Crippen LogP contribution in [0.5, 0.6) is 0 Å². The van der Waals surface area contributed by atoms with Gasteiger partial charge in [-0.15, -0.1) is 0 Å². The zero-order valence-corrected chi connectivity index (χ0v) is 60.0. The van der Waals surface area contributed by atoms with E-state index in [-0.39, 0.29) is 86.1 Å². The molecule has 1 fully saturated rings. The first-order valence-electron chi connectivity index (χ1n) is 33.1. The van der Waals surface area contributed by atoms with Gasteiger partial charge in [0.15, 0.2) is 17.3 Å². The van der Waals surface area contributed by atoms with Crippen LogP contribution in [0.15, 0.2) is 0 Å². The van der Waals surface area contributed by atoms with Crippen molar-refractivity contribution < 1.29 is 57.8 Å². The number of unbranched alkanes of at least 4 members (excludes halogenated alkanes) is 1. The molecule has 0 aliphatic carbocycles. The topological polar surface area (TPSA) is 246 Å². The number of hydrogen-bond donors (Lipinski definition) is 2. The van der Waals surface area contributed by atoms with Gasteiger partial charge in [0.2, 0.25) is 47.3 Å². The highest BCUT2D eigenvalue weighted by molar-refractivity contribution is 6.00. The third-order valence-electron chi connectivity index (χ3n) is 18.3. The van der Waals surface area contributed by atoms with Crippen LogP contribution >= 0.6 is 0 Å². The number of carbonyl (C=O) groups is 11. The van der Waals surface area contributed by atoms with Gasteiger partial charge >= 0.3 is 0 Å². The fourth-order valence-electron chi connectivity index (χ4n) is 12.3. The van der Waals surface area contributed by atoms with Crippen LogP contribution < -0.4 is 5.32 Å². The minimum Gasteiger partial charge on any atom is -0.390 e. The van der Waals surface area contributed by atoms with Gasteiger partial charge in [0.1, 0.15) is 36.3 Å². The first kappa shape index (κ1) is 81.7. The second kappa shape index (κ2) is 37.3. The minimum absolute atomic E-state index is 0.0678. The molecule has 0 bridgehead atoms.